The van der Waals surface area contributed by atoms with Crippen molar-refractivity contribution in [3.05, 3.63) is 134 Å². The lowest BCUT2D eigenvalue weighted by Crippen LogP contribution is -2.57. The summed E-state index contributed by atoms with van der Waals surface area (Å²) in [5.41, 5.74) is 24.2. The summed E-state index contributed by atoms with van der Waals surface area (Å²) in [6, 6.07) is 13.3. The van der Waals surface area contributed by atoms with Crippen LogP contribution in [0.2, 0.25) is 0 Å². The first-order valence-corrected chi connectivity index (χ1v) is 27.3. The maximum atomic E-state index is 3.00. The fourth-order valence-electron chi connectivity index (χ4n) is 14.6. The number of rotatable bonds is 5. The van der Waals surface area contributed by atoms with Gasteiger partial charge in [0.1, 0.15) is 0 Å². The molecule has 67 heavy (non-hydrogen) atoms. The zero-order chi connectivity index (χ0) is 47.8. The first-order valence-electron chi connectivity index (χ1n) is 27.3. The van der Waals surface area contributed by atoms with Crippen molar-refractivity contribution in [2.24, 2.45) is 28.1 Å². The van der Waals surface area contributed by atoms with Crippen molar-refractivity contribution in [1.29, 1.82) is 0 Å². The lowest BCUT2D eigenvalue weighted by atomic mass is 9.30. The molecule has 10 rings (SSSR count). The molecule has 2 bridgehead atoms. The Kier molecular flexibility index (Phi) is 11.3. The number of anilines is 2. The van der Waals surface area contributed by atoms with Gasteiger partial charge in [0.2, 0.25) is 6.71 Å². The molecule has 3 heteroatoms. The smallest absolute Gasteiger partial charge is 0.242 e. The molecule has 8 aliphatic rings. The van der Waals surface area contributed by atoms with Crippen molar-refractivity contribution < 1.29 is 0 Å². The van der Waals surface area contributed by atoms with E-state index in [4.69, 9.17) is 0 Å². The second kappa shape index (κ2) is 16.2. The highest BCUT2D eigenvalue weighted by Gasteiger charge is 2.53. The van der Waals surface area contributed by atoms with Crippen LogP contribution in [0.3, 0.4) is 0 Å². The molecular formula is C64H87BN2. The van der Waals surface area contributed by atoms with Crippen molar-refractivity contribution in [3.63, 3.8) is 0 Å². The molecule has 0 spiro atoms. The average Bonchev–Trinajstić information content (AvgIpc) is 3.81. The van der Waals surface area contributed by atoms with Gasteiger partial charge in [0, 0.05) is 34.4 Å². The van der Waals surface area contributed by atoms with Crippen LogP contribution >= 0.6 is 0 Å². The van der Waals surface area contributed by atoms with E-state index in [0.717, 1.165) is 50.9 Å². The van der Waals surface area contributed by atoms with Gasteiger partial charge in [0.05, 0.1) is 6.04 Å². The molecule has 2 fully saturated rings. The standard InChI is InChI=1S/C64H87BN2/c1-16-43-36-55-57-56(37-43)67(53-39-50-49(34-41(53)3)62(11,12)32-33-63(50,13)14)54-38-45(61(9,10)17-2)23-24-51(54)65(57)52-22-18-21-47-44-25-29-64(15,40-44)48(47)35-42(4)58(52)66(55)46-20-19-27-59(5,6)30-31-60(7,8)28-26-46/h19-21,23-24,26,34-35,37-39,42,44,55H,16-18,22,25,27-33,36,40H2,1-15H3/b20-19-,46-26+,47-21-,48-35+. The van der Waals surface area contributed by atoms with Gasteiger partial charge in [-0.15, -0.1) is 0 Å². The van der Waals surface area contributed by atoms with Gasteiger partial charge in [-0.05, 0) is 204 Å². The fourth-order valence-corrected chi connectivity index (χ4v) is 14.6. The van der Waals surface area contributed by atoms with E-state index in [9.17, 15) is 0 Å². The normalized spacial score (nSPS) is 32.1. The van der Waals surface area contributed by atoms with Crippen LogP contribution in [0.4, 0.5) is 11.4 Å². The second-order valence-electron chi connectivity index (χ2n) is 27.1. The van der Waals surface area contributed by atoms with Gasteiger partial charge >= 0.3 is 0 Å². The molecular weight excluding hydrogens is 808 g/mol. The number of nitrogens with zero attached hydrogens (tertiary/aromatic N) is 2. The van der Waals surface area contributed by atoms with E-state index in [1.54, 1.807) is 44.5 Å². The number of aryl methyl sites for hydroxylation is 1. The Hall–Kier alpha value is -3.72. The number of allylic oxidation sites excluding steroid dienone is 9. The third-order valence-corrected chi connectivity index (χ3v) is 19.7. The van der Waals surface area contributed by atoms with Crippen LogP contribution in [0, 0.1) is 35.0 Å². The van der Waals surface area contributed by atoms with E-state index in [2.05, 4.69) is 180 Å². The predicted octanol–water partition coefficient (Wildman–Crippen LogP) is 17.1. The van der Waals surface area contributed by atoms with Crippen LogP contribution in [-0.2, 0) is 16.2 Å². The molecule has 6 aliphatic carbocycles. The van der Waals surface area contributed by atoms with E-state index in [-0.39, 0.29) is 39.8 Å². The van der Waals surface area contributed by atoms with E-state index in [1.807, 2.05) is 0 Å². The summed E-state index contributed by atoms with van der Waals surface area (Å²) in [6.07, 6.45) is 32.8. The maximum absolute atomic E-state index is 3.00. The minimum absolute atomic E-state index is 0.0643. The van der Waals surface area contributed by atoms with Gasteiger partial charge < -0.3 is 9.80 Å². The van der Waals surface area contributed by atoms with E-state index in [1.165, 1.54) is 84.3 Å². The van der Waals surface area contributed by atoms with Crippen LogP contribution in [-0.4, -0.2) is 17.7 Å². The molecule has 2 aromatic carbocycles. The van der Waals surface area contributed by atoms with Crippen LogP contribution in [0.25, 0.3) is 0 Å². The Morgan fingerprint density at radius 1 is 0.806 bits per heavy atom. The van der Waals surface area contributed by atoms with E-state index < -0.39 is 0 Å². The highest BCUT2D eigenvalue weighted by Crippen LogP contribution is 2.62. The first kappa shape index (κ1) is 47.0. The van der Waals surface area contributed by atoms with Gasteiger partial charge in [-0.25, -0.2) is 0 Å². The minimum Gasteiger partial charge on any atom is -0.339 e. The fraction of sp³-hybridized carbons (Fsp3) is 0.594. The average molecular weight is 895 g/mol. The highest BCUT2D eigenvalue weighted by atomic mass is 15.2. The molecule has 2 heterocycles. The molecule has 2 nitrogen and oxygen atoms in total. The third-order valence-electron chi connectivity index (χ3n) is 19.7. The Balaban J connectivity index is 1.29. The SMILES string of the molecule is CCC1=CC2=C3B(C4=C(C(C)/C=C5\C(=C/CC4)C4CCC5(C)C4)N(C4=C/CC(C)(C)CCC(C)(C)C/C=C\4)C3C1)c1ccc(C(C)(C)CC)cc1N2c1cc2c(cc1C)C(C)(C)CCC2(C)C. The third kappa shape index (κ3) is 7.81. The number of benzene rings is 2. The van der Waals surface area contributed by atoms with Crippen molar-refractivity contribution in [3.8, 4) is 0 Å². The van der Waals surface area contributed by atoms with Crippen LogP contribution in [0.5, 0.6) is 0 Å². The molecule has 0 N–H and O–H groups in total. The van der Waals surface area contributed by atoms with Crippen molar-refractivity contribution in [1.82, 2.24) is 4.90 Å². The Morgan fingerprint density at radius 3 is 2.21 bits per heavy atom. The summed E-state index contributed by atoms with van der Waals surface area (Å²) >= 11 is 0. The Bertz CT molecular complexity index is 2610. The summed E-state index contributed by atoms with van der Waals surface area (Å²) in [4.78, 5) is 5.82. The molecule has 0 aromatic heterocycles. The Labute approximate surface area is 409 Å². The van der Waals surface area contributed by atoms with Gasteiger partial charge in [0.15, 0.2) is 0 Å². The van der Waals surface area contributed by atoms with Crippen LogP contribution < -0.4 is 10.4 Å². The lowest BCUT2D eigenvalue weighted by Gasteiger charge is -2.53. The summed E-state index contributed by atoms with van der Waals surface area (Å²) in [5, 5.41) is 0. The molecule has 0 saturated heterocycles. The lowest BCUT2D eigenvalue weighted by molar-refractivity contribution is 0.238. The largest absolute Gasteiger partial charge is 0.339 e. The van der Waals surface area contributed by atoms with Crippen molar-refractivity contribution in [2.75, 3.05) is 4.90 Å². The zero-order valence-corrected chi connectivity index (χ0v) is 45.0. The van der Waals surface area contributed by atoms with Gasteiger partial charge in [-0.1, -0.05) is 150 Å². The number of fused-ring (bicyclic) bond motifs is 9. The van der Waals surface area contributed by atoms with E-state index in [0.29, 0.717) is 11.3 Å². The molecule has 2 saturated carbocycles. The molecule has 2 aromatic rings. The van der Waals surface area contributed by atoms with Crippen molar-refractivity contribution >= 4 is 23.6 Å². The number of hydrogen-bond acceptors (Lipinski definition) is 2. The monoisotopic (exact) mass is 895 g/mol. The topological polar surface area (TPSA) is 6.48 Å². The first-order chi connectivity index (χ1) is 31.5. The van der Waals surface area contributed by atoms with Crippen LogP contribution in [0.15, 0.2) is 112 Å². The molecule has 2 aliphatic heterocycles. The van der Waals surface area contributed by atoms with Gasteiger partial charge in [0.25, 0.3) is 0 Å². The molecule has 4 atom stereocenters. The summed E-state index contributed by atoms with van der Waals surface area (Å²) in [7, 11) is 0. The predicted molar refractivity (Wildman–Crippen MR) is 290 cm³/mol. The van der Waals surface area contributed by atoms with Crippen LogP contribution in [0.1, 0.15) is 209 Å². The summed E-state index contributed by atoms with van der Waals surface area (Å²) < 4.78 is 0. The summed E-state index contributed by atoms with van der Waals surface area (Å²) in [5.74, 6) is 1.03. The van der Waals surface area contributed by atoms with Gasteiger partial charge in [-0.2, -0.15) is 0 Å². The molecule has 0 amide bonds. The summed E-state index contributed by atoms with van der Waals surface area (Å²) in [6.45, 7) is 37.6. The molecule has 356 valence electrons. The maximum Gasteiger partial charge on any atom is 0.242 e. The second-order valence-corrected chi connectivity index (χ2v) is 27.1. The van der Waals surface area contributed by atoms with Gasteiger partial charge in [-0.3, -0.25) is 0 Å². The number of hydrogen-bond donors (Lipinski definition) is 0. The van der Waals surface area contributed by atoms with Crippen molar-refractivity contribution in [2.45, 2.75) is 216 Å². The molecule has 0 radical (unpaired) electrons. The quantitative estimate of drug-likeness (QED) is 0.276. The van der Waals surface area contributed by atoms with E-state index >= 15 is 0 Å². The molecule has 4 unspecified atom stereocenters. The minimum atomic E-state index is 0.0643. The Morgan fingerprint density at radius 2 is 1.51 bits per heavy atom. The highest BCUT2D eigenvalue weighted by molar-refractivity contribution is 6.88. The zero-order valence-electron chi connectivity index (χ0n) is 45.0.